The van der Waals surface area contributed by atoms with Crippen LogP contribution < -0.4 is 10.5 Å². The molecule has 2 saturated heterocycles. The fraction of sp³-hybridized carbons (Fsp3) is 0.562. The Balaban J connectivity index is 1.59. The number of carbonyl (C=O) groups excluding carboxylic acids is 1. The van der Waals surface area contributed by atoms with Gasteiger partial charge < -0.3 is 15.4 Å². The molecule has 5 heteroatoms. The largest absolute Gasteiger partial charge is 0.482 e. The van der Waals surface area contributed by atoms with Gasteiger partial charge in [0.2, 0.25) is 0 Å². The number of nitrogens with zero attached hydrogens (tertiary/aromatic N) is 2. The van der Waals surface area contributed by atoms with Gasteiger partial charge in [-0.2, -0.15) is 0 Å². The third-order valence-electron chi connectivity index (χ3n) is 4.53. The molecule has 1 aromatic carbocycles. The van der Waals surface area contributed by atoms with Crippen molar-refractivity contribution in [2.45, 2.75) is 31.8 Å². The van der Waals surface area contributed by atoms with Crippen molar-refractivity contribution in [1.82, 2.24) is 9.80 Å². The molecule has 2 aliphatic rings. The summed E-state index contributed by atoms with van der Waals surface area (Å²) in [5.41, 5.74) is 6.39. The van der Waals surface area contributed by atoms with Crippen molar-refractivity contribution in [1.29, 1.82) is 0 Å². The SMILES string of the molecule is CC1CN2CCCC2CN1C(=O)COc1ccccc1N. The molecule has 0 aromatic heterocycles. The molecule has 0 spiro atoms. The van der Waals surface area contributed by atoms with Crippen LogP contribution in [0, 0.1) is 0 Å². The van der Waals surface area contributed by atoms with E-state index >= 15 is 0 Å². The lowest BCUT2D eigenvalue weighted by Gasteiger charge is -2.42. The number of amides is 1. The molecular weight excluding hydrogens is 266 g/mol. The van der Waals surface area contributed by atoms with Gasteiger partial charge in [-0.15, -0.1) is 0 Å². The Morgan fingerprint density at radius 1 is 1.38 bits per heavy atom. The number of anilines is 1. The van der Waals surface area contributed by atoms with Crippen LogP contribution in [-0.4, -0.2) is 54.0 Å². The van der Waals surface area contributed by atoms with E-state index in [1.54, 1.807) is 12.1 Å². The highest BCUT2D eigenvalue weighted by molar-refractivity contribution is 5.78. The molecule has 0 radical (unpaired) electrons. The molecule has 1 amide bonds. The van der Waals surface area contributed by atoms with E-state index in [0.717, 1.165) is 13.1 Å². The first-order valence-corrected chi connectivity index (χ1v) is 7.66. The molecule has 2 aliphatic heterocycles. The Hall–Kier alpha value is -1.75. The number of nitrogen functional groups attached to an aromatic ring is 1. The molecule has 2 unspecified atom stereocenters. The molecule has 2 N–H and O–H groups in total. The van der Waals surface area contributed by atoms with E-state index in [2.05, 4.69) is 11.8 Å². The summed E-state index contributed by atoms with van der Waals surface area (Å²) >= 11 is 0. The second kappa shape index (κ2) is 5.93. The molecule has 114 valence electrons. The third-order valence-corrected chi connectivity index (χ3v) is 4.53. The number of carbonyl (C=O) groups is 1. The monoisotopic (exact) mass is 289 g/mol. The van der Waals surface area contributed by atoms with E-state index in [0.29, 0.717) is 17.5 Å². The number of hydrogen-bond acceptors (Lipinski definition) is 4. The van der Waals surface area contributed by atoms with Crippen LogP contribution in [0.4, 0.5) is 5.69 Å². The lowest BCUT2D eigenvalue weighted by molar-refractivity contribution is -0.138. The molecule has 0 saturated carbocycles. The Morgan fingerprint density at radius 2 is 2.19 bits per heavy atom. The Labute approximate surface area is 125 Å². The first-order valence-electron chi connectivity index (χ1n) is 7.66. The standard InChI is InChI=1S/C16H23N3O2/c1-12-9-18-8-4-5-13(18)10-19(12)16(20)11-21-15-7-3-2-6-14(15)17/h2-3,6-7,12-13H,4-5,8-11,17H2,1H3. The van der Waals surface area contributed by atoms with E-state index in [1.807, 2.05) is 17.0 Å². The zero-order valence-electron chi connectivity index (χ0n) is 12.5. The topological polar surface area (TPSA) is 58.8 Å². The molecule has 21 heavy (non-hydrogen) atoms. The average Bonchev–Trinajstić information content (AvgIpc) is 2.92. The maximum Gasteiger partial charge on any atom is 0.260 e. The first-order chi connectivity index (χ1) is 10.1. The normalized spacial score (nSPS) is 25.7. The fourth-order valence-electron chi connectivity index (χ4n) is 3.37. The summed E-state index contributed by atoms with van der Waals surface area (Å²) in [5.74, 6) is 0.635. The molecule has 3 rings (SSSR count). The average molecular weight is 289 g/mol. The van der Waals surface area contributed by atoms with Crippen molar-refractivity contribution in [3.63, 3.8) is 0 Å². The number of fused-ring (bicyclic) bond motifs is 1. The van der Waals surface area contributed by atoms with Crippen molar-refractivity contribution in [2.75, 3.05) is 32.0 Å². The summed E-state index contributed by atoms with van der Waals surface area (Å²) in [7, 11) is 0. The maximum absolute atomic E-state index is 12.4. The zero-order chi connectivity index (χ0) is 14.8. The number of hydrogen-bond donors (Lipinski definition) is 1. The van der Waals surface area contributed by atoms with Crippen LogP contribution in [0.5, 0.6) is 5.75 Å². The fourth-order valence-corrected chi connectivity index (χ4v) is 3.37. The quantitative estimate of drug-likeness (QED) is 0.853. The minimum atomic E-state index is 0.0531. The van der Waals surface area contributed by atoms with Gasteiger partial charge in [-0.05, 0) is 38.4 Å². The van der Waals surface area contributed by atoms with E-state index < -0.39 is 0 Å². The molecule has 5 nitrogen and oxygen atoms in total. The van der Waals surface area contributed by atoms with Crippen molar-refractivity contribution in [3.05, 3.63) is 24.3 Å². The highest BCUT2D eigenvalue weighted by Gasteiger charge is 2.36. The lowest BCUT2D eigenvalue weighted by Crippen LogP contribution is -2.57. The summed E-state index contributed by atoms with van der Waals surface area (Å²) in [6, 6.07) is 8.07. The smallest absolute Gasteiger partial charge is 0.260 e. The second-order valence-corrected chi connectivity index (χ2v) is 6.01. The molecule has 1 aromatic rings. The van der Waals surface area contributed by atoms with Crippen LogP contribution in [0.15, 0.2) is 24.3 Å². The minimum Gasteiger partial charge on any atom is -0.482 e. The lowest BCUT2D eigenvalue weighted by atomic mass is 10.1. The zero-order valence-corrected chi connectivity index (χ0v) is 12.5. The van der Waals surface area contributed by atoms with Crippen molar-refractivity contribution >= 4 is 11.6 Å². The second-order valence-electron chi connectivity index (χ2n) is 6.01. The van der Waals surface area contributed by atoms with Crippen LogP contribution in [0.25, 0.3) is 0 Å². The molecule has 2 fully saturated rings. The van der Waals surface area contributed by atoms with E-state index in [9.17, 15) is 4.79 Å². The van der Waals surface area contributed by atoms with E-state index in [-0.39, 0.29) is 18.6 Å². The molecule has 2 atom stereocenters. The van der Waals surface area contributed by atoms with Crippen LogP contribution in [0.3, 0.4) is 0 Å². The number of ether oxygens (including phenoxy) is 1. The highest BCUT2D eigenvalue weighted by atomic mass is 16.5. The van der Waals surface area contributed by atoms with E-state index in [1.165, 1.54) is 19.4 Å². The summed E-state index contributed by atoms with van der Waals surface area (Å²) in [5, 5.41) is 0. The number of nitrogens with two attached hydrogens (primary N) is 1. The Kier molecular flexibility index (Phi) is 4.01. The van der Waals surface area contributed by atoms with Gasteiger partial charge in [-0.1, -0.05) is 12.1 Å². The van der Waals surface area contributed by atoms with Crippen LogP contribution >= 0.6 is 0 Å². The van der Waals surface area contributed by atoms with Crippen molar-refractivity contribution < 1.29 is 9.53 Å². The molecule has 0 bridgehead atoms. The predicted molar refractivity (Wildman–Crippen MR) is 82.1 cm³/mol. The predicted octanol–water partition coefficient (Wildman–Crippen LogP) is 1.34. The van der Waals surface area contributed by atoms with Crippen molar-refractivity contribution in [2.24, 2.45) is 0 Å². The first kappa shape index (κ1) is 14.2. The van der Waals surface area contributed by atoms with Crippen LogP contribution in [0.1, 0.15) is 19.8 Å². The van der Waals surface area contributed by atoms with Gasteiger partial charge in [-0.3, -0.25) is 9.69 Å². The summed E-state index contributed by atoms with van der Waals surface area (Å²) in [6.45, 7) is 5.15. The number of piperazine rings is 1. The van der Waals surface area contributed by atoms with Gasteiger partial charge in [0.05, 0.1) is 5.69 Å². The van der Waals surface area contributed by atoms with E-state index in [4.69, 9.17) is 10.5 Å². The van der Waals surface area contributed by atoms with Gasteiger partial charge in [-0.25, -0.2) is 0 Å². The summed E-state index contributed by atoms with van der Waals surface area (Å²) in [6.07, 6.45) is 2.44. The molecule has 0 aliphatic carbocycles. The van der Waals surface area contributed by atoms with Crippen LogP contribution in [0.2, 0.25) is 0 Å². The van der Waals surface area contributed by atoms with Crippen molar-refractivity contribution in [3.8, 4) is 5.75 Å². The number of benzene rings is 1. The van der Waals surface area contributed by atoms with Gasteiger partial charge >= 0.3 is 0 Å². The molecular formula is C16H23N3O2. The summed E-state index contributed by atoms with van der Waals surface area (Å²) < 4.78 is 5.58. The van der Waals surface area contributed by atoms with Gasteiger partial charge in [0.25, 0.3) is 5.91 Å². The minimum absolute atomic E-state index is 0.0531. The highest BCUT2D eigenvalue weighted by Crippen LogP contribution is 2.25. The Bertz CT molecular complexity index is 520. The van der Waals surface area contributed by atoms with Gasteiger partial charge in [0.15, 0.2) is 6.61 Å². The van der Waals surface area contributed by atoms with Crippen LogP contribution in [-0.2, 0) is 4.79 Å². The summed E-state index contributed by atoms with van der Waals surface area (Å²) in [4.78, 5) is 16.9. The maximum atomic E-state index is 12.4. The number of para-hydroxylation sites is 2. The van der Waals surface area contributed by atoms with Gasteiger partial charge in [0.1, 0.15) is 5.75 Å². The van der Waals surface area contributed by atoms with Gasteiger partial charge in [0, 0.05) is 25.2 Å². The Morgan fingerprint density at radius 3 is 3.00 bits per heavy atom. The third kappa shape index (κ3) is 2.97. The number of rotatable bonds is 3. The molecule has 2 heterocycles.